The Kier molecular flexibility index (Phi) is 15.5. The lowest BCUT2D eigenvalue weighted by Crippen LogP contribution is -2.45. The minimum atomic E-state index is -0.648. The number of primary amides is 1. The fourth-order valence-corrected chi connectivity index (χ4v) is 2.81. The number of nitrogens with one attached hydrogen (secondary N) is 3. The summed E-state index contributed by atoms with van der Waals surface area (Å²) in [6, 6.07) is -1.28. The van der Waals surface area contributed by atoms with Crippen LogP contribution in [-0.2, 0) is 19.1 Å². The van der Waals surface area contributed by atoms with Crippen LogP contribution in [0.5, 0.6) is 0 Å². The van der Waals surface area contributed by atoms with Crippen molar-refractivity contribution in [3.63, 3.8) is 0 Å². The number of urea groups is 1. The Morgan fingerprint density at radius 2 is 1.77 bits per heavy atom. The highest BCUT2D eigenvalue weighted by Crippen LogP contribution is 2.11. The molecular formula is C20H35BrN4O5. The van der Waals surface area contributed by atoms with E-state index in [1.54, 1.807) is 6.92 Å². The van der Waals surface area contributed by atoms with Crippen molar-refractivity contribution >= 4 is 39.6 Å². The summed E-state index contributed by atoms with van der Waals surface area (Å²) in [6.07, 6.45) is 3.84. The van der Waals surface area contributed by atoms with Crippen molar-refractivity contribution in [1.29, 1.82) is 0 Å². The maximum absolute atomic E-state index is 12.1. The third-order valence-electron chi connectivity index (χ3n) is 4.27. The lowest BCUT2D eigenvalue weighted by atomic mass is 10.0. The predicted molar refractivity (Wildman–Crippen MR) is 119 cm³/mol. The number of carbonyl (C=O) groups excluding carboxylic acids is 4. The maximum atomic E-state index is 12.1. The van der Waals surface area contributed by atoms with Crippen molar-refractivity contribution < 1.29 is 23.9 Å². The van der Waals surface area contributed by atoms with E-state index < -0.39 is 18.0 Å². The Morgan fingerprint density at radius 1 is 1.07 bits per heavy atom. The molecule has 0 aromatic heterocycles. The van der Waals surface area contributed by atoms with E-state index in [2.05, 4.69) is 38.5 Å². The first kappa shape index (κ1) is 27.9. The fraction of sp³-hybridized carbons (Fsp3) is 0.700. The molecule has 4 amide bonds. The monoisotopic (exact) mass is 490 g/mol. The van der Waals surface area contributed by atoms with Crippen LogP contribution in [0, 0.1) is 0 Å². The van der Waals surface area contributed by atoms with E-state index in [0.29, 0.717) is 43.3 Å². The van der Waals surface area contributed by atoms with Crippen molar-refractivity contribution in [2.24, 2.45) is 5.73 Å². The molecule has 0 fully saturated rings. The molecule has 2 atom stereocenters. The van der Waals surface area contributed by atoms with Crippen molar-refractivity contribution in [1.82, 2.24) is 16.0 Å². The Hall–Kier alpha value is -2.10. The van der Waals surface area contributed by atoms with E-state index >= 15 is 0 Å². The summed E-state index contributed by atoms with van der Waals surface area (Å²) >= 11 is 3.27. The molecule has 172 valence electrons. The van der Waals surface area contributed by atoms with Crippen LogP contribution in [0.3, 0.4) is 0 Å². The highest BCUT2D eigenvalue weighted by atomic mass is 79.9. The Balaban J connectivity index is 4.11. The molecular weight excluding hydrogens is 456 g/mol. The second-order valence-corrected chi connectivity index (χ2v) is 7.56. The second kappa shape index (κ2) is 16.7. The van der Waals surface area contributed by atoms with Crippen LogP contribution in [0.2, 0.25) is 0 Å². The first-order valence-corrected chi connectivity index (χ1v) is 11.3. The van der Waals surface area contributed by atoms with Crippen LogP contribution < -0.4 is 21.7 Å². The lowest BCUT2D eigenvalue weighted by molar-refractivity contribution is -0.129. The van der Waals surface area contributed by atoms with E-state index in [4.69, 9.17) is 10.5 Å². The largest absolute Gasteiger partial charge is 0.495 e. The number of hydrogen-bond donors (Lipinski definition) is 4. The van der Waals surface area contributed by atoms with E-state index in [9.17, 15) is 19.2 Å². The summed E-state index contributed by atoms with van der Waals surface area (Å²) in [6.45, 7) is 7.57. The Morgan fingerprint density at radius 3 is 2.37 bits per heavy atom. The Labute approximate surface area is 187 Å². The summed E-state index contributed by atoms with van der Waals surface area (Å²) in [5.41, 5.74) is 4.99. The van der Waals surface area contributed by atoms with Crippen molar-refractivity contribution in [3.05, 3.63) is 12.3 Å². The third kappa shape index (κ3) is 14.8. The van der Waals surface area contributed by atoms with Crippen LogP contribution in [0.15, 0.2) is 12.3 Å². The van der Waals surface area contributed by atoms with Crippen LogP contribution in [0.1, 0.15) is 58.8 Å². The number of rotatable bonds is 17. The summed E-state index contributed by atoms with van der Waals surface area (Å²) in [4.78, 5) is 46.6. The highest BCUT2D eigenvalue weighted by molar-refractivity contribution is 9.09. The minimum Gasteiger partial charge on any atom is -0.495 e. The zero-order chi connectivity index (χ0) is 22.9. The molecule has 0 aliphatic carbocycles. The predicted octanol–water partition coefficient (Wildman–Crippen LogP) is 1.89. The number of unbranched alkanes of at least 4 members (excludes halogenated alkanes) is 1. The van der Waals surface area contributed by atoms with E-state index in [1.165, 1.54) is 0 Å². The molecule has 0 rings (SSSR count). The first-order valence-electron chi connectivity index (χ1n) is 10.2. The zero-order valence-electron chi connectivity index (χ0n) is 17.9. The number of Topliss-reactive ketones (excluding diaryl/α,β-unsaturated/α-hetero) is 1. The Bertz CT molecular complexity index is 586. The van der Waals surface area contributed by atoms with E-state index in [0.717, 1.165) is 12.8 Å². The zero-order valence-corrected chi connectivity index (χ0v) is 19.5. The minimum absolute atomic E-state index is 0.0371. The summed E-state index contributed by atoms with van der Waals surface area (Å²) in [5.74, 6) is -0.0659. The molecule has 0 spiro atoms. The molecule has 0 saturated heterocycles. The molecule has 1 unspecified atom stereocenters. The summed E-state index contributed by atoms with van der Waals surface area (Å²) < 4.78 is 5.55. The number of halogens is 1. The van der Waals surface area contributed by atoms with Gasteiger partial charge in [-0.25, -0.2) is 4.79 Å². The van der Waals surface area contributed by atoms with Crippen LogP contribution >= 0.6 is 15.9 Å². The van der Waals surface area contributed by atoms with Gasteiger partial charge >= 0.3 is 6.03 Å². The van der Waals surface area contributed by atoms with E-state index in [1.807, 2.05) is 6.92 Å². The number of nitrogens with two attached hydrogens (primary N) is 1. The van der Waals surface area contributed by atoms with Crippen molar-refractivity contribution in [2.45, 2.75) is 70.9 Å². The van der Waals surface area contributed by atoms with Gasteiger partial charge in [-0.1, -0.05) is 29.4 Å². The van der Waals surface area contributed by atoms with Gasteiger partial charge in [0.2, 0.25) is 11.8 Å². The quantitative estimate of drug-likeness (QED) is 0.140. The normalized spacial score (nSPS) is 12.4. The molecule has 0 aromatic carbocycles. The molecule has 0 radical (unpaired) electrons. The average Bonchev–Trinajstić information content (AvgIpc) is 2.70. The average molecular weight is 491 g/mol. The number of alkyl halides is 1. The smallest absolute Gasteiger partial charge is 0.312 e. The molecule has 5 N–H and O–H groups in total. The summed E-state index contributed by atoms with van der Waals surface area (Å²) in [5, 5.41) is 8.24. The van der Waals surface area contributed by atoms with Gasteiger partial charge in [-0.2, -0.15) is 0 Å². The molecule has 9 nitrogen and oxygen atoms in total. The van der Waals surface area contributed by atoms with E-state index in [-0.39, 0.29) is 30.8 Å². The van der Waals surface area contributed by atoms with Gasteiger partial charge in [0.15, 0.2) is 5.78 Å². The van der Waals surface area contributed by atoms with Gasteiger partial charge in [0.05, 0.1) is 29.8 Å². The molecule has 0 aliphatic rings. The third-order valence-corrected chi connectivity index (χ3v) is 4.89. The number of hydrogen-bond acceptors (Lipinski definition) is 5. The highest BCUT2D eigenvalue weighted by Gasteiger charge is 2.19. The van der Waals surface area contributed by atoms with Gasteiger partial charge in [-0.05, 0) is 39.0 Å². The van der Waals surface area contributed by atoms with Crippen LogP contribution in [-0.4, -0.2) is 54.2 Å². The molecule has 0 saturated carbocycles. The molecule has 30 heavy (non-hydrogen) atoms. The second-order valence-electron chi connectivity index (χ2n) is 7.00. The molecule has 0 bridgehead atoms. The van der Waals surface area contributed by atoms with Gasteiger partial charge in [-0.3, -0.25) is 14.4 Å². The molecule has 0 aromatic rings. The first-order chi connectivity index (χ1) is 14.2. The maximum Gasteiger partial charge on any atom is 0.312 e. The van der Waals surface area contributed by atoms with Gasteiger partial charge in [0.25, 0.3) is 0 Å². The van der Waals surface area contributed by atoms with Crippen LogP contribution in [0.25, 0.3) is 0 Å². The molecule has 10 heteroatoms. The van der Waals surface area contributed by atoms with Crippen LogP contribution in [0.4, 0.5) is 4.79 Å². The summed E-state index contributed by atoms with van der Waals surface area (Å²) in [7, 11) is 0. The van der Waals surface area contributed by atoms with Gasteiger partial charge in [-0.15, -0.1) is 0 Å². The van der Waals surface area contributed by atoms with Gasteiger partial charge in [0, 0.05) is 19.4 Å². The van der Waals surface area contributed by atoms with Gasteiger partial charge in [0.1, 0.15) is 0 Å². The molecule has 0 aliphatic heterocycles. The number of amides is 4. The topological polar surface area (TPSA) is 140 Å². The van der Waals surface area contributed by atoms with Crippen molar-refractivity contribution in [2.75, 3.05) is 18.4 Å². The molecule has 0 heterocycles. The van der Waals surface area contributed by atoms with Gasteiger partial charge < -0.3 is 26.4 Å². The standard InChI is InChI=1S/C20H35BrN4O5/c1-4-17(26)16(9-7-11-23-20(22)29)25-19(28)13-24-18(27)10-6-5-8-14(2)30-15(3)12-21/h14,16H,3-13H2,1-2H3,(H,24,27)(H,25,28)(H3,22,23,29)/t14?,16-/m0/s1. The lowest BCUT2D eigenvalue weighted by Gasteiger charge is -2.17. The number of allylic oxidation sites excluding steroid dienone is 1. The number of ether oxygens (including phenoxy) is 1. The number of carbonyl (C=O) groups is 4. The fourth-order valence-electron chi connectivity index (χ4n) is 2.68. The van der Waals surface area contributed by atoms with Crippen molar-refractivity contribution in [3.8, 4) is 0 Å². The number of ketones is 1. The SMILES string of the molecule is C=C(CBr)OC(C)CCCCC(=O)NCC(=O)N[C@@H](CCCNC(N)=O)C(=O)CC.